The van der Waals surface area contributed by atoms with E-state index in [0.29, 0.717) is 11.1 Å². The molecule has 2 aromatic rings. The van der Waals surface area contributed by atoms with Gasteiger partial charge in [0.05, 0.1) is 0 Å². The zero-order chi connectivity index (χ0) is 18.7. The molecule has 0 atom stereocenters. The molecule has 0 fully saturated rings. The average Bonchev–Trinajstić information content (AvgIpc) is 2.56. The molecule has 0 aromatic heterocycles. The van der Waals surface area contributed by atoms with E-state index in [0.717, 1.165) is 0 Å². The Morgan fingerprint density at radius 1 is 0.640 bits per heavy atom. The fourth-order valence-electron chi connectivity index (χ4n) is 1.66. The molecule has 0 aliphatic heterocycles. The Kier molecular flexibility index (Phi) is 6.58. The first-order chi connectivity index (χ1) is 11.7. The summed E-state index contributed by atoms with van der Waals surface area (Å²) < 4.78 is 11.5. The summed E-state index contributed by atoms with van der Waals surface area (Å²) in [6.45, 7) is 0. The van der Waals surface area contributed by atoms with Gasteiger partial charge in [-0.25, -0.2) is 0 Å². The van der Waals surface area contributed by atoms with Gasteiger partial charge in [0.15, 0.2) is 0 Å². The molecule has 0 amide bonds. The van der Waals surface area contributed by atoms with Crippen LogP contribution in [0, 0.1) is 0 Å². The number of hydrogen-bond donors (Lipinski definition) is 6. The molecule has 2 radical (unpaired) electrons. The van der Waals surface area contributed by atoms with Crippen molar-refractivity contribution >= 4 is 65.5 Å². The minimum absolute atomic E-state index is 0.262. The van der Waals surface area contributed by atoms with Gasteiger partial charge in [0, 0.05) is 0 Å². The molecule has 0 heterocycles. The van der Waals surface area contributed by atoms with Crippen LogP contribution in [0.25, 0.3) is 0 Å². The second kappa shape index (κ2) is 8.28. The van der Waals surface area contributed by atoms with Gasteiger partial charge in [-0.15, -0.1) is 0 Å². The molecule has 130 valence electrons. The fraction of sp³-hybridized carbons (Fsp3) is 0. The number of phenols is 6. The van der Waals surface area contributed by atoms with Crippen molar-refractivity contribution in [2.24, 2.45) is 0 Å². The predicted octanol–water partition coefficient (Wildman–Crippen LogP) is -0.519. The molecule has 0 aliphatic carbocycles. The van der Waals surface area contributed by atoms with Crippen molar-refractivity contribution in [3.63, 3.8) is 0 Å². The van der Waals surface area contributed by atoms with Crippen LogP contribution in [-0.4, -0.2) is 96.1 Å². The van der Waals surface area contributed by atoms with E-state index in [-0.39, 0.29) is 9.21 Å². The Labute approximate surface area is 170 Å². The van der Waals surface area contributed by atoms with Gasteiger partial charge < -0.3 is 0 Å². The van der Waals surface area contributed by atoms with Gasteiger partial charge in [0.2, 0.25) is 0 Å². The molecule has 25 heavy (non-hydrogen) atoms. The van der Waals surface area contributed by atoms with Gasteiger partial charge >= 0.3 is 171 Å². The maximum atomic E-state index is 9.48. The summed E-state index contributed by atoms with van der Waals surface area (Å²) in [5.41, 5.74) is 0.649. The van der Waals surface area contributed by atoms with Crippen molar-refractivity contribution in [3.8, 4) is 34.5 Å². The normalized spacial score (nSPS) is 10.2. The van der Waals surface area contributed by atoms with Crippen molar-refractivity contribution in [2.75, 3.05) is 0 Å². The third-order valence-electron chi connectivity index (χ3n) is 2.88. The van der Waals surface area contributed by atoms with Crippen molar-refractivity contribution in [3.05, 3.63) is 35.4 Å². The first kappa shape index (κ1) is 19.9. The number of benzene rings is 2. The van der Waals surface area contributed by atoms with Gasteiger partial charge in [0.1, 0.15) is 0 Å². The van der Waals surface area contributed by atoms with Gasteiger partial charge in [-0.3, -0.25) is 0 Å². The minimum atomic E-state index is -2.16. The third-order valence-corrected chi connectivity index (χ3v) is 9.03. The molecule has 6 N–H and O–H groups in total. The first-order valence-corrected chi connectivity index (χ1v) is 11.3. The second-order valence-corrected chi connectivity index (χ2v) is 8.38. The molecule has 2 rings (SSSR count). The summed E-state index contributed by atoms with van der Waals surface area (Å²) in [6, 6.07) is 4.85. The van der Waals surface area contributed by atoms with Crippen LogP contribution in [0.15, 0.2) is 24.3 Å². The Bertz CT molecular complexity index is 739. The maximum absolute atomic E-state index is 9.48. The van der Waals surface area contributed by atoms with Gasteiger partial charge in [0.25, 0.3) is 0 Å². The monoisotopic (exact) mass is 674 g/mol. The summed E-state index contributed by atoms with van der Waals surface area (Å²) in [4.78, 5) is 0. The topological polar surface area (TPSA) is 140 Å². The summed E-state index contributed by atoms with van der Waals surface area (Å²) in [6.07, 6.45) is 0. The fourth-order valence-corrected chi connectivity index (χ4v) is 5.07. The summed E-state index contributed by atoms with van der Waals surface area (Å²) >= 11 is 3.11. The standard InChI is InChI=1S/2C7H6O4Se.Pb/c2*8-4-1-3(7(11)12)2-5(9)6(4)10;/h2*1-2,8-10H,(H,11,12);/q;;+2/p-2. The van der Waals surface area contributed by atoms with Crippen LogP contribution in [-0.2, 0) is 5.37 Å². The average molecular weight is 671 g/mol. The van der Waals surface area contributed by atoms with E-state index in [4.69, 9.17) is 5.37 Å². The van der Waals surface area contributed by atoms with Crippen LogP contribution >= 0.6 is 0 Å². The van der Waals surface area contributed by atoms with Crippen molar-refractivity contribution < 1.29 is 36.0 Å². The van der Waals surface area contributed by atoms with E-state index < -0.39 is 59.6 Å². The molecule has 0 unspecified atom stereocenters. The van der Waals surface area contributed by atoms with Crippen LogP contribution < -0.4 is 0 Å². The van der Waals surface area contributed by atoms with Crippen molar-refractivity contribution in [1.29, 1.82) is 0 Å². The zero-order valence-corrected chi connectivity index (χ0v) is 19.4. The van der Waals surface area contributed by atoms with Gasteiger partial charge in [-0.1, -0.05) is 0 Å². The number of aromatic hydroxyl groups is 6. The molecular formula is C14H10O8PbSe2. The van der Waals surface area contributed by atoms with Gasteiger partial charge in [-0.2, -0.15) is 0 Å². The quantitative estimate of drug-likeness (QED) is 0.178. The Hall–Kier alpha value is -1.46. The molecule has 0 aliphatic rings. The molecule has 0 bridgehead atoms. The van der Waals surface area contributed by atoms with Crippen LogP contribution in [0.2, 0.25) is 0 Å². The molecule has 0 spiro atoms. The van der Waals surface area contributed by atoms with Crippen molar-refractivity contribution in [1.82, 2.24) is 0 Å². The number of phenolic OH excluding ortho intramolecular Hbond substituents is 6. The van der Waals surface area contributed by atoms with Crippen LogP contribution in [0.3, 0.4) is 0 Å². The van der Waals surface area contributed by atoms with Crippen LogP contribution in [0.1, 0.15) is 11.1 Å². The van der Waals surface area contributed by atoms with E-state index in [1.165, 1.54) is 24.3 Å². The van der Waals surface area contributed by atoms with E-state index in [1.807, 2.05) is 0 Å². The van der Waals surface area contributed by atoms with Crippen LogP contribution in [0.4, 0.5) is 0 Å². The SMILES string of the molecule is Oc1cc(C(=[Se])[O][Pb][O]C(=[Se])c2cc(O)c(O)c(O)c2)cc(O)c1O. The second-order valence-electron chi connectivity index (χ2n) is 4.59. The van der Waals surface area contributed by atoms with E-state index in [2.05, 4.69) is 31.2 Å². The van der Waals surface area contributed by atoms with Gasteiger partial charge in [-0.05, 0) is 0 Å². The van der Waals surface area contributed by atoms with E-state index in [1.54, 1.807) is 0 Å². The molecule has 11 heteroatoms. The molecule has 0 saturated heterocycles. The Morgan fingerprint density at radius 2 is 0.920 bits per heavy atom. The molecule has 2 aromatic carbocycles. The van der Waals surface area contributed by atoms with Crippen molar-refractivity contribution in [2.45, 2.75) is 0 Å². The number of hydrogen-bond acceptors (Lipinski definition) is 8. The summed E-state index contributed by atoms with van der Waals surface area (Å²) in [7, 11) is 0. The van der Waals surface area contributed by atoms with E-state index >= 15 is 0 Å². The molecule has 0 saturated carbocycles. The van der Waals surface area contributed by atoms with Crippen LogP contribution in [0.5, 0.6) is 34.5 Å². The Morgan fingerprint density at radius 3 is 1.20 bits per heavy atom. The summed E-state index contributed by atoms with van der Waals surface area (Å²) in [5, 5.41) is 56.6. The zero-order valence-electron chi connectivity index (χ0n) is 12.1. The molecule has 8 nitrogen and oxygen atoms in total. The van der Waals surface area contributed by atoms with E-state index in [9.17, 15) is 30.6 Å². The number of rotatable bonds is 6. The summed E-state index contributed by atoms with van der Waals surface area (Å²) in [5.74, 6) is -3.22. The molecular weight excluding hydrogens is 661 g/mol. The predicted molar refractivity (Wildman–Crippen MR) is 90.5 cm³/mol. The first-order valence-electron chi connectivity index (χ1n) is 6.38. The Balaban J connectivity index is 1.98. The third kappa shape index (κ3) is 4.79.